The minimum Gasteiger partial charge on any atom is -0.494 e. The smallest absolute Gasteiger partial charge is 0.265 e. The summed E-state index contributed by atoms with van der Waals surface area (Å²) in [7, 11) is -3.83. The number of nitrogens with one attached hydrogen (secondary N) is 2. The lowest BCUT2D eigenvalue weighted by atomic mass is 10.2. The molecule has 8 nitrogen and oxygen atoms in total. The fraction of sp³-hybridized carbons (Fsp3) is 0.316. The van der Waals surface area contributed by atoms with E-state index in [4.69, 9.17) is 9.47 Å². The SMILES string of the molecule is CCOc1ccc(NS(=O)(=O)c2cccc(C(=O)NN3CCOCC3)c2)cc1. The number of rotatable bonds is 7. The van der Waals surface area contributed by atoms with E-state index in [1.807, 2.05) is 6.92 Å². The highest BCUT2D eigenvalue weighted by Gasteiger charge is 2.18. The molecule has 0 atom stereocenters. The summed E-state index contributed by atoms with van der Waals surface area (Å²) < 4.78 is 38.4. The molecule has 1 amide bonds. The van der Waals surface area contributed by atoms with Crippen LogP contribution in [0.2, 0.25) is 0 Å². The zero-order chi connectivity index (χ0) is 20.0. The van der Waals surface area contributed by atoms with E-state index in [2.05, 4.69) is 10.1 Å². The Morgan fingerprint density at radius 1 is 1.14 bits per heavy atom. The first-order valence-electron chi connectivity index (χ1n) is 8.97. The van der Waals surface area contributed by atoms with Gasteiger partial charge in [-0.05, 0) is 49.4 Å². The molecule has 2 aromatic rings. The molecule has 0 spiro atoms. The Kier molecular flexibility index (Phi) is 6.50. The van der Waals surface area contributed by atoms with Crippen LogP contribution < -0.4 is 14.9 Å². The molecule has 1 fully saturated rings. The maximum atomic E-state index is 12.7. The first-order valence-corrected chi connectivity index (χ1v) is 10.5. The van der Waals surface area contributed by atoms with Crippen molar-refractivity contribution in [3.8, 4) is 5.75 Å². The number of amides is 1. The van der Waals surface area contributed by atoms with E-state index in [0.717, 1.165) is 0 Å². The molecule has 1 saturated heterocycles. The minimum atomic E-state index is -3.83. The van der Waals surface area contributed by atoms with Gasteiger partial charge in [-0.1, -0.05) is 6.07 Å². The van der Waals surface area contributed by atoms with E-state index in [1.165, 1.54) is 12.1 Å². The van der Waals surface area contributed by atoms with Gasteiger partial charge in [0.15, 0.2) is 0 Å². The van der Waals surface area contributed by atoms with E-state index in [9.17, 15) is 13.2 Å². The average Bonchev–Trinajstić information content (AvgIpc) is 2.70. The standard InChI is InChI=1S/C19H23N3O5S/c1-2-27-17-8-6-16(7-9-17)21-28(24,25)18-5-3-4-15(14-18)19(23)20-22-10-12-26-13-11-22/h3-9,14,21H,2,10-13H2,1H3,(H,20,23). The van der Waals surface area contributed by atoms with E-state index >= 15 is 0 Å². The van der Waals surface area contributed by atoms with Crippen molar-refractivity contribution in [2.24, 2.45) is 0 Å². The molecule has 0 radical (unpaired) electrons. The summed E-state index contributed by atoms with van der Waals surface area (Å²) >= 11 is 0. The van der Waals surface area contributed by atoms with Crippen molar-refractivity contribution in [1.82, 2.24) is 10.4 Å². The number of anilines is 1. The number of benzene rings is 2. The normalized spacial score (nSPS) is 15.0. The highest BCUT2D eigenvalue weighted by Crippen LogP contribution is 2.20. The lowest BCUT2D eigenvalue weighted by Gasteiger charge is -2.26. The van der Waals surface area contributed by atoms with Crippen molar-refractivity contribution < 1.29 is 22.7 Å². The van der Waals surface area contributed by atoms with Crippen LogP contribution in [0.5, 0.6) is 5.75 Å². The Morgan fingerprint density at radius 3 is 2.54 bits per heavy atom. The Balaban J connectivity index is 1.71. The van der Waals surface area contributed by atoms with Gasteiger partial charge in [0.05, 0.1) is 24.7 Å². The number of hydrogen-bond acceptors (Lipinski definition) is 6. The van der Waals surface area contributed by atoms with Crippen LogP contribution in [0.25, 0.3) is 0 Å². The molecule has 0 aromatic heterocycles. The Morgan fingerprint density at radius 2 is 1.86 bits per heavy atom. The Labute approximate surface area is 164 Å². The van der Waals surface area contributed by atoms with Crippen molar-refractivity contribution in [3.05, 3.63) is 54.1 Å². The molecule has 150 valence electrons. The van der Waals surface area contributed by atoms with Gasteiger partial charge in [-0.3, -0.25) is 14.9 Å². The number of carbonyl (C=O) groups excluding carboxylic acids is 1. The monoisotopic (exact) mass is 405 g/mol. The van der Waals surface area contributed by atoms with Crippen LogP contribution in [-0.4, -0.2) is 52.2 Å². The highest BCUT2D eigenvalue weighted by atomic mass is 32.2. The predicted octanol–water partition coefficient (Wildman–Crippen LogP) is 1.86. The largest absolute Gasteiger partial charge is 0.494 e. The van der Waals surface area contributed by atoms with Crippen LogP contribution in [0.1, 0.15) is 17.3 Å². The fourth-order valence-electron chi connectivity index (χ4n) is 2.69. The summed E-state index contributed by atoms with van der Waals surface area (Å²) in [4.78, 5) is 12.4. The molecule has 2 aromatic carbocycles. The highest BCUT2D eigenvalue weighted by molar-refractivity contribution is 7.92. The number of nitrogens with zero attached hydrogens (tertiary/aromatic N) is 1. The summed E-state index contributed by atoms with van der Waals surface area (Å²) in [5, 5.41) is 1.76. The number of carbonyl (C=O) groups is 1. The lowest BCUT2D eigenvalue weighted by Crippen LogP contribution is -2.48. The van der Waals surface area contributed by atoms with E-state index in [0.29, 0.717) is 44.3 Å². The predicted molar refractivity (Wildman–Crippen MR) is 105 cm³/mol. The Hall–Kier alpha value is -2.62. The van der Waals surface area contributed by atoms with E-state index in [-0.39, 0.29) is 16.4 Å². The Bertz CT molecular complexity index is 909. The van der Waals surface area contributed by atoms with Crippen molar-refractivity contribution >= 4 is 21.6 Å². The minimum absolute atomic E-state index is 0.0102. The molecule has 0 saturated carbocycles. The van der Waals surface area contributed by atoms with Crippen LogP contribution >= 0.6 is 0 Å². The van der Waals surface area contributed by atoms with Gasteiger partial charge < -0.3 is 9.47 Å². The second-order valence-electron chi connectivity index (χ2n) is 6.13. The first-order chi connectivity index (χ1) is 13.5. The number of hydrogen-bond donors (Lipinski definition) is 2. The van der Waals surface area contributed by atoms with E-state index < -0.39 is 10.0 Å². The van der Waals surface area contributed by atoms with Gasteiger partial charge in [0, 0.05) is 24.3 Å². The first kappa shape index (κ1) is 20.1. The average molecular weight is 405 g/mol. The molecule has 28 heavy (non-hydrogen) atoms. The maximum Gasteiger partial charge on any atom is 0.265 e. The molecule has 0 aliphatic carbocycles. The third-order valence-electron chi connectivity index (χ3n) is 4.09. The van der Waals surface area contributed by atoms with Crippen LogP contribution in [0.3, 0.4) is 0 Å². The molecule has 1 aliphatic rings. The van der Waals surface area contributed by atoms with Gasteiger partial charge >= 0.3 is 0 Å². The van der Waals surface area contributed by atoms with Crippen molar-refractivity contribution in [2.45, 2.75) is 11.8 Å². The van der Waals surface area contributed by atoms with Crippen LogP contribution in [0, 0.1) is 0 Å². The van der Waals surface area contributed by atoms with Crippen LogP contribution in [-0.2, 0) is 14.8 Å². The molecule has 0 bridgehead atoms. The maximum absolute atomic E-state index is 12.7. The molecular weight excluding hydrogens is 382 g/mol. The number of ether oxygens (including phenoxy) is 2. The number of sulfonamides is 1. The summed E-state index contributed by atoms with van der Waals surface area (Å²) in [5.41, 5.74) is 3.44. The van der Waals surface area contributed by atoms with Gasteiger partial charge in [0.2, 0.25) is 0 Å². The van der Waals surface area contributed by atoms with Crippen molar-refractivity contribution in [3.63, 3.8) is 0 Å². The second-order valence-corrected chi connectivity index (χ2v) is 7.81. The number of morpholine rings is 1. The molecule has 2 N–H and O–H groups in total. The molecular formula is C19H23N3O5S. The molecule has 1 heterocycles. The molecule has 9 heteroatoms. The van der Waals surface area contributed by atoms with Crippen LogP contribution in [0.15, 0.2) is 53.4 Å². The van der Waals surface area contributed by atoms with Gasteiger partial charge in [-0.25, -0.2) is 13.4 Å². The van der Waals surface area contributed by atoms with E-state index in [1.54, 1.807) is 41.4 Å². The second kappa shape index (κ2) is 9.05. The third kappa shape index (κ3) is 5.22. The van der Waals surface area contributed by atoms with Gasteiger partial charge in [-0.2, -0.15) is 0 Å². The molecule has 3 rings (SSSR count). The zero-order valence-corrected chi connectivity index (χ0v) is 16.4. The summed E-state index contributed by atoms with van der Waals surface area (Å²) in [5.74, 6) is 0.298. The lowest BCUT2D eigenvalue weighted by molar-refractivity contribution is 0.0126. The molecule has 0 unspecified atom stereocenters. The third-order valence-corrected chi connectivity index (χ3v) is 5.47. The van der Waals surface area contributed by atoms with Gasteiger partial charge in [-0.15, -0.1) is 0 Å². The van der Waals surface area contributed by atoms with Crippen molar-refractivity contribution in [2.75, 3.05) is 37.6 Å². The fourth-order valence-corrected chi connectivity index (χ4v) is 3.79. The summed E-state index contributed by atoms with van der Waals surface area (Å²) in [6.45, 7) is 4.66. The quantitative estimate of drug-likeness (QED) is 0.730. The summed E-state index contributed by atoms with van der Waals surface area (Å²) in [6.07, 6.45) is 0. The van der Waals surface area contributed by atoms with Gasteiger partial charge in [0.1, 0.15) is 5.75 Å². The zero-order valence-electron chi connectivity index (χ0n) is 15.6. The number of hydrazine groups is 1. The van der Waals surface area contributed by atoms with Crippen molar-refractivity contribution in [1.29, 1.82) is 0 Å². The van der Waals surface area contributed by atoms with Crippen LogP contribution in [0.4, 0.5) is 5.69 Å². The van der Waals surface area contributed by atoms with Gasteiger partial charge in [0.25, 0.3) is 15.9 Å². The molecule has 1 aliphatic heterocycles. The topological polar surface area (TPSA) is 97.0 Å². The summed E-state index contributed by atoms with van der Waals surface area (Å²) in [6, 6.07) is 12.5.